The second kappa shape index (κ2) is 11.2. The number of carbonyl (C=O) groups is 1. The summed E-state index contributed by atoms with van der Waals surface area (Å²) >= 11 is 0. The fourth-order valence-electron chi connectivity index (χ4n) is 2.84. The molecule has 2 aromatic carbocycles. The van der Waals surface area contributed by atoms with Gasteiger partial charge in [-0.15, -0.1) is 0 Å². The highest BCUT2D eigenvalue weighted by Gasteiger charge is 2.19. The average Bonchev–Trinajstić information content (AvgIpc) is 2.71. The molecule has 0 radical (unpaired) electrons. The van der Waals surface area contributed by atoms with E-state index in [2.05, 4.69) is 0 Å². The van der Waals surface area contributed by atoms with Gasteiger partial charge in [0.1, 0.15) is 11.5 Å². The molecule has 11 heteroatoms. The molecule has 0 atom stereocenters. The van der Waals surface area contributed by atoms with E-state index in [1.54, 1.807) is 0 Å². The predicted octanol–water partition coefficient (Wildman–Crippen LogP) is 3.29. The van der Waals surface area contributed by atoms with E-state index in [1.165, 1.54) is 36.4 Å². The fraction of sp³-hybridized carbons (Fsp3) is 0.381. The number of ether oxygens (including phenoxy) is 2. The molecule has 0 unspecified atom stereocenters. The van der Waals surface area contributed by atoms with Crippen LogP contribution >= 0.6 is 0 Å². The monoisotopic (exact) mass is 446 g/mol. The Morgan fingerprint density at radius 3 is 1.47 bits per heavy atom. The zero-order chi connectivity index (χ0) is 23.8. The van der Waals surface area contributed by atoms with Crippen LogP contribution in [0.15, 0.2) is 36.4 Å². The minimum atomic E-state index is -1.04. The summed E-state index contributed by atoms with van der Waals surface area (Å²) in [4.78, 5) is 37.4. The maximum absolute atomic E-state index is 12.5. The van der Waals surface area contributed by atoms with Crippen molar-refractivity contribution in [2.24, 2.45) is 0 Å². The van der Waals surface area contributed by atoms with Crippen molar-refractivity contribution in [2.75, 3.05) is 41.3 Å². The van der Waals surface area contributed by atoms with Gasteiger partial charge in [-0.05, 0) is 53.2 Å². The lowest BCUT2D eigenvalue weighted by molar-refractivity contribution is -0.385. The second-order valence-corrected chi connectivity index (χ2v) is 7.66. The standard InChI is InChI=1S/C21H26N4O7/c1-22(2)11-9-15-13-17(24(27)28)5-7-19(15)31-21(26)32-20-8-6-18(25(29)30)14-16(20)10-12-23(3)4/h5-8,13-14H,9-12H2,1-4H3. The molecule has 0 N–H and O–H groups in total. The van der Waals surface area contributed by atoms with Crippen molar-refractivity contribution in [3.05, 3.63) is 67.8 Å². The smallest absolute Gasteiger partial charge is 0.394 e. The van der Waals surface area contributed by atoms with E-state index < -0.39 is 16.0 Å². The summed E-state index contributed by atoms with van der Waals surface area (Å²) in [7, 11) is 7.43. The number of non-ortho nitro benzene ring substituents is 2. The van der Waals surface area contributed by atoms with Crippen LogP contribution in [0.4, 0.5) is 16.2 Å². The number of carbonyl (C=O) groups excluding carboxylic acids is 1. The molecule has 0 aliphatic rings. The van der Waals surface area contributed by atoms with E-state index >= 15 is 0 Å². The maximum Gasteiger partial charge on any atom is 0.519 e. The Morgan fingerprint density at radius 1 is 0.781 bits per heavy atom. The highest BCUT2D eigenvalue weighted by molar-refractivity contribution is 5.69. The van der Waals surface area contributed by atoms with Gasteiger partial charge in [0.2, 0.25) is 0 Å². The molecule has 0 saturated carbocycles. The average molecular weight is 446 g/mol. The van der Waals surface area contributed by atoms with Crippen molar-refractivity contribution in [2.45, 2.75) is 12.8 Å². The highest BCUT2D eigenvalue weighted by atomic mass is 16.7. The largest absolute Gasteiger partial charge is 0.519 e. The van der Waals surface area contributed by atoms with Crippen LogP contribution in [0.1, 0.15) is 11.1 Å². The van der Waals surface area contributed by atoms with Gasteiger partial charge in [-0.3, -0.25) is 20.2 Å². The molecule has 32 heavy (non-hydrogen) atoms. The van der Waals surface area contributed by atoms with Crippen LogP contribution in [0.3, 0.4) is 0 Å². The Morgan fingerprint density at radius 2 is 1.16 bits per heavy atom. The fourth-order valence-corrected chi connectivity index (χ4v) is 2.84. The van der Waals surface area contributed by atoms with Crippen molar-refractivity contribution in [1.29, 1.82) is 0 Å². The quantitative estimate of drug-likeness (QED) is 0.234. The summed E-state index contributed by atoms with van der Waals surface area (Å²) < 4.78 is 10.7. The molecule has 0 fully saturated rings. The van der Waals surface area contributed by atoms with Crippen LogP contribution in [-0.4, -0.2) is 67.1 Å². The number of nitro groups is 2. The molecule has 2 rings (SSSR count). The minimum absolute atomic E-state index is 0.110. The van der Waals surface area contributed by atoms with Gasteiger partial charge in [0, 0.05) is 48.5 Å². The molecule has 0 bridgehead atoms. The van der Waals surface area contributed by atoms with Crippen LogP contribution in [0.5, 0.6) is 11.5 Å². The van der Waals surface area contributed by atoms with Gasteiger partial charge in [0.25, 0.3) is 11.4 Å². The van der Waals surface area contributed by atoms with Crippen molar-refractivity contribution in [3.63, 3.8) is 0 Å². The summed E-state index contributed by atoms with van der Waals surface area (Å²) in [5.41, 5.74) is 0.754. The van der Waals surface area contributed by atoms with Gasteiger partial charge in [-0.2, -0.15) is 0 Å². The first kappa shape index (κ1) is 24.7. The van der Waals surface area contributed by atoms with E-state index in [0.29, 0.717) is 37.1 Å². The molecule has 0 aliphatic heterocycles. The molecule has 0 aromatic heterocycles. The summed E-state index contributed by atoms with van der Waals surface area (Å²) in [5, 5.41) is 22.2. The zero-order valence-corrected chi connectivity index (χ0v) is 18.4. The molecule has 172 valence electrons. The first-order chi connectivity index (χ1) is 15.1. The molecule has 0 amide bonds. The number of likely N-dealkylation sites (N-methyl/N-ethyl adjacent to an activating group) is 2. The molecular weight excluding hydrogens is 420 g/mol. The Balaban J connectivity index is 2.24. The van der Waals surface area contributed by atoms with Crippen molar-refractivity contribution in [1.82, 2.24) is 9.80 Å². The molecule has 0 heterocycles. The Bertz CT molecular complexity index is 915. The maximum atomic E-state index is 12.5. The topological polar surface area (TPSA) is 128 Å². The van der Waals surface area contributed by atoms with Gasteiger partial charge in [-0.25, -0.2) is 4.79 Å². The number of hydrogen-bond acceptors (Lipinski definition) is 9. The predicted molar refractivity (Wildman–Crippen MR) is 117 cm³/mol. The lowest BCUT2D eigenvalue weighted by Crippen LogP contribution is -2.19. The molecule has 2 aromatic rings. The number of nitro benzene ring substituents is 2. The molecular formula is C21H26N4O7. The van der Waals surface area contributed by atoms with E-state index in [1.807, 2.05) is 38.0 Å². The first-order valence-corrected chi connectivity index (χ1v) is 9.80. The number of benzene rings is 2. The van der Waals surface area contributed by atoms with Crippen LogP contribution in [0, 0.1) is 20.2 Å². The van der Waals surface area contributed by atoms with Gasteiger partial charge >= 0.3 is 6.16 Å². The van der Waals surface area contributed by atoms with Gasteiger partial charge in [0.05, 0.1) is 9.85 Å². The van der Waals surface area contributed by atoms with E-state index in [4.69, 9.17) is 9.47 Å². The molecule has 11 nitrogen and oxygen atoms in total. The second-order valence-electron chi connectivity index (χ2n) is 7.66. The summed E-state index contributed by atoms with van der Waals surface area (Å²) in [5.74, 6) is 0.304. The zero-order valence-electron chi connectivity index (χ0n) is 18.4. The van der Waals surface area contributed by atoms with E-state index in [9.17, 15) is 25.0 Å². The summed E-state index contributed by atoms with van der Waals surface area (Å²) in [6, 6.07) is 7.92. The van der Waals surface area contributed by atoms with Crippen molar-refractivity contribution >= 4 is 17.5 Å². The Hall–Kier alpha value is -3.57. The normalized spacial score (nSPS) is 10.9. The number of rotatable bonds is 10. The molecule has 0 spiro atoms. The highest BCUT2D eigenvalue weighted by Crippen LogP contribution is 2.28. The third-order valence-electron chi connectivity index (χ3n) is 4.55. The summed E-state index contributed by atoms with van der Waals surface area (Å²) in [6.45, 7) is 1.17. The molecule has 0 aliphatic carbocycles. The van der Waals surface area contributed by atoms with Crippen molar-refractivity contribution < 1.29 is 24.1 Å². The lowest BCUT2D eigenvalue weighted by atomic mass is 10.1. The van der Waals surface area contributed by atoms with Crippen LogP contribution in [0.2, 0.25) is 0 Å². The van der Waals surface area contributed by atoms with Gasteiger partial charge in [-0.1, -0.05) is 0 Å². The van der Waals surface area contributed by atoms with Crippen molar-refractivity contribution in [3.8, 4) is 11.5 Å². The third-order valence-corrected chi connectivity index (χ3v) is 4.55. The minimum Gasteiger partial charge on any atom is -0.394 e. The lowest BCUT2D eigenvalue weighted by Gasteiger charge is -2.15. The van der Waals surface area contributed by atoms with Crippen LogP contribution in [-0.2, 0) is 12.8 Å². The first-order valence-electron chi connectivity index (χ1n) is 9.80. The van der Waals surface area contributed by atoms with E-state index in [-0.39, 0.29) is 22.9 Å². The molecule has 0 saturated heterocycles. The van der Waals surface area contributed by atoms with Gasteiger partial charge < -0.3 is 19.3 Å². The Labute approximate surface area is 185 Å². The van der Waals surface area contributed by atoms with Gasteiger partial charge in [0.15, 0.2) is 0 Å². The Kier molecular flexibility index (Phi) is 8.62. The van der Waals surface area contributed by atoms with Crippen LogP contribution in [0.25, 0.3) is 0 Å². The summed E-state index contributed by atoms with van der Waals surface area (Å²) in [6.07, 6.45) is -0.198. The SMILES string of the molecule is CN(C)CCc1cc([N+](=O)[O-])ccc1OC(=O)Oc1ccc([N+](=O)[O-])cc1CCN(C)C. The number of hydrogen-bond donors (Lipinski definition) is 0. The van der Waals surface area contributed by atoms with E-state index in [0.717, 1.165) is 0 Å². The third kappa shape index (κ3) is 7.29. The van der Waals surface area contributed by atoms with Crippen LogP contribution < -0.4 is 9.47 Å². The number of nitrogens with zero attached hydrogens (tertiary/aromatic N) is 4.